The van der Waals surface area contributed by atoms with Crippen LogP contribution in [0.2, 0.25) is 0 Å². The molecule has 0 aliphatic heterocycles. The minimum absolute atomic E-state index is 0. The van der Waals surface area contributed by atoms with Gasteiger partial charge in [-0.05, 0) is 0 Å². The topological polar surface area (TPSA) is 0 Å². The Morgan fingerprint density at radius 3 is 1.00 bits per heavy atom. The summed E-state index contributed by atoms with van der Waals surface area (Å²) in [4.78, 5) is 0. The average Bonchev–Trinajstić information content (AvgIpc) is 0.811. The third kappa shape index (κ3) is 21.1. The molecule has 5 heavy (non-hydrogen) atoms. The summed E-state index contributed by atoms with van der Waals surface area (Å²) in [5.41, 5.74) is 0. The van der Waals surface area contributed by atoms with Gasteiger partial charge in [0.05, 0.1) is 0 Å². The third-order valence-corrected chi connectivity index (χ3v) is 0. The number of halogens is 3. The molecule has 31 valence electrons. The van der Waals surface area contributed by atoms with Crippen LogP contribution >= 0.6 is 29.1 Å². The van der Waals surface area contributed by atoms with Gasteiger partial charge in [0.15, 0.2) is 0 Å². The molecule has 0 saturated heterocycles. The molecule has 0 aromatic heterocycles. The Morgan fingerprint density at radius 1 is 1.00 bits per heavy atom. The molecule has 0 spiro atoms. The van der Waals surface area contributed by atoms with Gasteiger partial charge in [0.1, 0.15) is 0 Å². The van der Waals surface area contributed by atoms with Gasteiger partial charge < -0.3 is 0 Å². The summed E-state index contributed by atoms with van der Waals surface area (Å²) in [5, 5.41) is 0. The quantitative estimate of drug-likeness (QED) is 0.557. The zero-order valence-electron chi connectivity index (χ0n) is 2.47. The van der Waals surface area contributed by atoms with Crippen LogP contribution in [0.5, 0.6) is 0 Å². The molecule has 1 radical (unpaired) electrons. The van der Waals surface area contributed by atoms with Crippen molar-refractivity contribution < 1.29 is 13.0 Å². The van der Waals surface area contributed by atoms with Gasteiger partial charge in [0.2, 0.25) is 0 Å². The van der Waals surface area contributed by atoms with E-state index in [9.17, 15) is 0 Å². The van der Waals surface area contributed by atoms with Crippen molar-refractivity contribution in [2.75, 3.05) is 0 Å². The van der Waals surface area contributed by atoms with Crippen LogP contribution < -0.4 is 0 Å². The standard InChI is InChI=1S/3ClH.Na.Rh/h3*1H;;/q;;;;+3/p-3. The second kappa shape index (κ2) is 6.49. The summed E-state index contributed by atoms with van der Waals surface area (Å²) < 4.78 is 0. The number of hydrogen-bond acceptors (Lipinski definition) is 0. The Kier molecular flexibility index (Phi) is 13.6. The Balaban J connectivity index is 0. The second-order valence-electron chi connectivity index (χ2n) is 0.143. The van der Waals surface area contributed by atoms with E-state index in [2.05, 4.69) is 0 Å². The maximum Gasteiger partial charge on any atom is 0 e. The van der Waals surface area contributed by atoms with E-state index in [1.165, 1.54) is 0 Å². The van der Waals surface area contributed by atoms with E-state index in [0.717, 1.165) is 0 Å². The van der Waals surface area contributed by atoms with E-state index in [0.29, 0.717) is 0 Å². The van der Waals surface area contributed by atoms with Crippen molar-refractivity contribution in [2.45, 2.75) is 0 Å². The van der Waals surface area contributed by atoms with Crippen LogP contribution in [0.1, 0.15) is 0 Å². The molecule has 0 fully saturated rings. The van der Waals surface area contributed by atoms with E-state index in [-0.39, 0.29) is 29.6 Å². The van der Waals surface area contributed by atoms with E-state index in [1.807, 2.05) is 0 Å². The van der Waals surface area contributed by atoms with Crippen molar-refractivity contribution in [1.82, 2.24) is 0 Å². The molecule has 0 bridgehead atoms. The van der Waals surface area contributed by atoms with Crippen LogP contribution in [0.15, 0.2) is 0 Å². The minimum Gasteiger partial charge on any atom is 0 e. The van der Waals surface area contributed by atoms with E-state index in [4.69, 9.17) is 29.1 Å². The largest absolute Gasteiger partial charge is 0 e. The molecule has 0 atom stereocenters. The molecule has 0 aliphatic rings. The van der Waals surface area contributed by atoms with Crippen LogP contribution in [0, 0.1) is 0 Å². The zero-order valence-corrected chi connectivity index (χ0v) is 8.37. The van der Waals surface area contributed by atoms with Crippen LogP contribution in [0.3, 0.4) is 0 Å². The molecule has 0 nitrogen and oxygen atoms in total. The summed E-state index contributed by atoms with van der Waals surface area (Å²) in [5.74, 6) is 0. The molecule has 0 amide bonds. The predicted octanol–water partition coefficient (Wildman–Crippen LogP) is 1.69. The molecule has 0 aromatic rings. The first-order valence-corrected chi connectivity index (χ1v) is 6.71. The maximum atomic E-state index is 4.94. The van der Waals surface area contributed by atoms with Gasteiger partial charge >= 0.3 is 42.1 Å². The summed E-state index contributed by atoms with van der Waals surface area (Å²) in [6.07, 6.45) is 0. The molecule has 0 heterocycles. The van der Waals surface area contributed by atoms with Crippen molar-refractivity contribution in [3.8, 4) is 0 Å². The first-order chi connectivity index (χ1) is 1.73. The maximum absolute atomic E-state index is 4.94. The molecule has 0 saturated carbocycles. The van der Waals surface area contributed by atoms with Crippen LogP contribution in [-0.4, -0.2) is 29.6 Å². The summed E-state index contributed by atoms with van der Waals surface area (Å²) >= 11 is -1.66. The van der Waals surface area contributed by atoms with Crippen molar-refractivity contribution in [2.24, 2.45) is 0 Å². The molecule has 0 rings (SSSR count). The number of rotatable bonds is 0. The van der Waals surface area contributed by atoms with Gasteiger partial charge in [-0.1, -0.05) is 0 Å². The second-order valence-corrected chi connectivity index (χ2v) is 7.61. The summed E-state index contributed by atoms with van der Waals surface area (Å²) in [6, 6.07) is 0. The Morgan fingerprint density at radius 2 is 1.00 bits per heavy atom. The van der Waals surface area contributed by atoms with Crippen LogP contribution in [-0.2, 0) is 13.0 Å². The van der Waals surface area contributed by atoms with E-state index >= 15 is 0 Å². The number of hydrogen-bond donors (Lipinski definition) is 0. The Bertz CT molecular complexity index is 11.6. The molecular formula is Cl3NaRh. The van der Waals surface area contributed by atoms with E-state index < -0.39 is 13.0 Å². The SMILES string of the molecule is [Cl][Rh]([Cl])[Cl].[Na]. The van der Waals surface area contributed by atoms with Gasteiger partial charge in [0, 0.05) is 29.6 Å². The first kappa shape index (κ1) is 10.5. The third-order valence-electron chi connectivity index (χ3n) is 0. The fraction of sp³-hybridized carbons (Fsp3) is 0. The fourth-order valence-electron chi connectivity index (χ4n) is 0. The summed E-state index contributed by atoms with van der Waals surface area (Å²) in [6.45, 7) is 0. The minimum atomic E-state index is -1.66. The van der Waals surface area contributed by atoms with Gasteiger partial charge in [-0.15, -0.1) is 0 Å². The van der Waals surface area contributed by atoms with Gasteiger partial charge in [-0.25, -0.2) is 0 Å². The summed E-state index contributed by atoms with van der Waals surface area (Å²) in [7, 11) is 14.8. The zero-order chi connectivity index (χ0) is 3.58. The molecule has 0 aromatic carbocycles. The molecule has 0 unspecified atom stereocenters. The molecule has 0 aliphatic carbocycles. The smallest absolute Gasteiger partial charge is 0 e. The van der Waals surface area contributed by atoms with Crippen molar-refractivity contribution in [1.29, 1.82) is 0 Å². The van der Waals surface area contributed by atoms with Crippen molar-refractivity contribution in [3.63, 3.8) is 0 Å². The van der Waals surface area contributed by atoms with Crippen LogP contribution in [0.25, 0.3) is 0 Å². The van der Waals surface area contributed by atoms with Crippen molar-refractivity contribution in [3.05, 3.63) is 0 Å². The first-order valence-electron chi connectivity index (χ1n) is 0.378. The monoisotopic (exact) mass is 231 g/mol. The fourth-order valence-corrected chi connectivity index (χ4v) is 0. The molecular weight excluding hydrogens is 232 g/mol. The Labute approximate surface area is 70.5 Å². The van der Waals surface area contributed by atoms with Gasteiger partial charge in [-0.2, -0.15) is 0 Å². The normalized spacial score (nSPS) is 9.00. The Hall–Kier alpha value is 2.49. The van der Waals surface area contributed by atoms with Crippen LogP contribution in [0.4, 0.5) is 0 Å². The predicted molar refractivity (Wildman–Crippen MR) is 23.3 cm³/mol. The van der Waals surface area contributed by atoms with E-state index in [1.54, 1.807) is 0 Å². The molecule has 0 N–H and O–H groups in total. The van der Waals surface area contributed by atoms with Gasteiger partial charge in [-0.3, -0.25) is 0 Å². The van der Waals surface area contributed by atoms with Crippen molar-refractivity contribution >= 4 is 58.6 Å². The van der Waals surface area contributed by atoms with Gasteiger partial charge in [0.25, 0.3) is 0 Å². The average molecular weight is 232 g/mol. The molecule has 5 heteroatoms.